The van der Waals surface area contributed by atoms with E-state index in [4.69, 9.17) is 0 Å². The molecule has 7 nitrogen and oxygen atoms in total. The molecule has 220 valence electrons. The van der Waals surface area contributed by atoms with Crippen LogP contribution in [0.3, 0.4) is 0 Å². The van der Waals surface area contributed by atoms with Crippen LogP contribution in [0.15, 0.2) is 83.3 Å². The van der Waals surface area contributed by atoms with Gasteiger partial charge in [-0.1, -0.05) is 91.3 Å². The molecule has 0 aliphatic heterocycles. The maximum atomic E-state index is 14.1. The summed E-state index contributed by atoms with van der Waals surface area (Å²) < 4.78 is 28.0. The number of sulfonamides is 1. The lowest BCUT2D eigenvalue weighted by molar-refractivity contribution is -0.140. The molecule has 1 N–H and O–H groups in total. The fourth-order valence-corrected chi connectivity index (χ4v) is 5.58. The summed E-state index contributed by atoms with van der Waals surface area (Å²) >= 11 is 3.44. The highest BCUT2D eigenvalue weighted by Crippen LogP contribution is 2.26. The van der Waals surface area contributed by atoms with Crippen LogP contribution in [0.4, 0.5) is 5.69 Å². The van der Waals surface area contributed by atoms with Crippen molar-refractivity contribution >= 4 is 43.5 Å². The molecule has 3 aromatic rings. The summed E-state index contributed by atoms with van der Waals surface area (Å²) in [6.07, 6.45) is 1.37. The van der Waals surface area contributed by atoms with Crippen molar-refractivity contribution < 1.29 is 18.0 Å². The quantitative estimate of drug-likeness (QED) is 0.292. The Morgan fingerprint density at radius 3 is 1.98 bits per heavy atom. The number of carbonyl (C=O) groups excluding carboxylic acids is 2. The van der Waals surface area contributed by atoms with Gasteiger partial charge in [-0.2, -0.15) is 0 Å². The van der Waals surface area contributed by atoms with E-state index in [0.29, 0.717) is 5.69 Å². The molecule has 1 atom stereocenters. The number of hydrogen-bond acceptors (Lipinski definition) is 4. The number of hydrogen-bond donors (Lipinski definition) is 1. The molecular weight excluding hydrogens is 602 g/mol. The van der Waals surface area contributed by atoms with Crippen LogP contribution in [-0.4, -0.2) is 50.0 Å². The first-order valence-corrected chi connectivity index (χ1v) is 16.3. The lowest BCUT2D eigenvalue weighted by Gasteiger charge is -2.34. The zero-order chi connectivity index (χ0) is 30.4. The fraction of sp³-hybridized carbons (Fsp3) is 0.375. The van der Waals surface area contributed by atoms with E-state index in [-0.39, 0.29) is 30.3 Å². The third-order valence-electron chi connectivity index (χ3n) is 6.67. The van der Waals surface area contributed by atoms with E-state index in [0.717, 1.165) is 31.7 Å². The van der Waals surface area contributed by atoms with E-state index in [9.17, 15) is 18.0 Å². The van der Waals surface area contributed by atoms with Gasteiger partial charge in [0, 0.05) is 23.5 Å². The van der Waals surface area contributed by atoms with Gasteiger partial charge < -0.3 is 10.2 Å². The van der Waals surface area contributed by atoms with Gasteiger partial charge in [0.25, 0.3) is 0 Å². The molecule has 0 saturated heterocycles. The number of nitrogens with one attached hydrogen (secondary N) is 1. The van der Waals surface area contributed by atoms with Gasteiger partial charge in [0.05, 0.1) is 11.9 Å². The number of amides is 2. The second-order valence-corrected chi connectivity index (χ2v) is 14.4. The summed E-state index contributed by atoms with van der Waals surface area (Å²) in [5, 5.41) is 2.96. The smallest absolute Gasteiger partial charge is 0.244 e. The average Bonchev–Trinajstić information content (AvgIpc) is 2.89. The maximum Gasteiger partial charge on any atom is 0.244 e. The summed E-state index contributed by atoms with van der Waals surface area (Å²) in [5.41, 5.74) is 3.04. The zero-order valence-electron chi connectivity index (χ0n) is 24.6. The number of carbonyl (C=O) groups is 2. The molecule has 0 bridgehead atoms. The molecule has 0 aliphatic rings. The van der Waals surface area contributed by atoms with E-state index < -0.39 is 28.5 Å². The highest BCUT2D eigenvalue weighted by Gasteiger charge is 2.33. The van der Waals surface area contributed by atoms with Crippen LogP contribution in [0.2, 0.25) is 0 Å². The van der Waals surface area contributed by atoms with E-state index >= 15 is 0 Å². The molecule has 3 rings (SSSR count). The predicted molar refractivity (Wildman–Crippen MR) is 169 cm³/mol. The molecule has 0 aliphatic carbocycles. The molecule has 0 unspecified atom stereocenters. The number of rotatable bonds is 11. The Morgan fingerprint density at radius 2 is 1.46 bits per heavy atom. The molecule has 3 aromatic carbocycles. The molecule has 0 fully saturated rings. The van der Waals surface area contributed by atoms with Crippen LogP contribution in [-0.2, 0) is 38.0 Å². The minimum atomic E-state index is -3.82. The first-order chi connectivity index (χ1) is 19.1. The second-order valence-electron chi connectivity index (χ2n) is 11.6. The number of benzene rings is 3. The van der Waals surface area contributed by atoms with Gasteiger partial charge in [0.15, 0.2) is 0 Å². The molecule has 0 radical (unpaired) electrons. The summed E-state index contributed by atoms with van der Waals surface area (Å²) in [6.45, 7) is 9.66. The first-order valence-electron chi connectivity index (χ1n) is 13.6. The van der Waals surface area contributed by atoms with Crippen LogP contribution < -0.4 is 9.62 Å². The van der Waals surface area contributed by atoms with Crippen molar-refractivity contribution in [3.05, 3.63) is 100 Å². The standard InChI is InChI=1S/C32H40BrN3O4S/c1-23(2)34-31(38)29(20-24-10-8-7-9-11-24)35(21-25-12-16-27(33)17-13-25)30(37)22-36(41(6,39)40)28-18-14-26(15-19-28)32(3,4)5/h7-19,23,29H,20-22H2,1-6H3,(H,34,38)/t29-/m0/s1. The summed E-state index contributed by atoms with van der Waals surface area (Å²) in [5.74, 6) is -0.771. The Balaban J connectivity index is 2.04. The van der Waals surface area contributed by atoms with Gasteiger partial charge >= 0.3 is 0 Å². The minimum absolute atomic E-state index is 0.111. The van der Waals surface area contributed by atoms with E-state index in [1.807, 2.05) is 80.6 Å². The van der Waals surface area contributed by atoms with Crippen LogP contribution in [0.5, 0.6) is 0 Å². The maximum absolute atomic E-state index is 14.1. The van der Waals surface area contributed by atoms with Crippen molar-refractivity contribution in [3.8, 4) is 0 Å². The lowest BCUT2D eigenvalue weighted by Crippen LogP contribution is -2.54. The monoisotopic (exact) mass is 641 g/mol. The SMILES string of the molecule is CC(C)NC(=O)[C@H](Cc1ccccc1)N(Cc1ccc(Br)cc1)C(=O)CN(c1ccc(C(C)(C)C)cc1)S(C)(=O)=O. The molecule has 0 aromatic heterocycles. The van der Waals surface area contributed by atoms with Crippen molar-refractivity contribution in [2.75, 3.05) is 17.1 Å². The van der Waals surface area contributed by atoms with Crippen LogP contribution in [0, 0.1) is 0 Å². The van der Waals surface area contributed by atoms with E-state index in [1.54, 1.807) is 12.1 Å². The molecule has 0 spiro atoms. The van der Waals surface area contributed by atoms with Gasteiger partial charge in [-0.25, -0.2) is 8.42 Å². The number of anilines is 1. The summed E-state index contributed by atoms with van der Waals surface area (Å²) in [6, 6.07) is 23.2. The minimum Gasteiger partial charge on any atom is -0.352 e. The predicted octanol–water partition coefficient (Wildman–Crippen LogP) is 5.68. The number of halogens is 1. The first kappa shape index (κ1) is 32.3. The molecule has 2 amide bonds. The van der Waals surface area contributed by atoms with Crippen LogP contribution in [0.25, 0.3) is 0 Å². The molecule has 0 saturated carbocycles. The van der Waals surface area contributed by atoms with Gasteiger partial charge in [-0.15, -0.1) is 0 Å². The van der Waals surface area contributed by atoms with Crippen molar-refractivity contribution in [1.29, 1.82) is 0 Å². The highest BCUT2D eigenvalue weighted by atomic mass is 79.9. The van der Waals surface area contributed by atoms with Gasteiger partial charge in [0.2, 0.25) is 21.8 Å². The lowest BCUT2D eigenvalue weighted by atomic mass is 9.87. The Morgan fingerprint density at radius 1 is 0.878 bits per heavy atom. The van der Waals surface area contributed by atoms with Crippen LogP contribution in [0.1, 0.15) is 51.3 Å². The van der Waals surface area contributed by atoms with Gasteiger partial charge in [0.1, 0.15) is 12.6 Å². The fourth-order valence-electron chi connectivity index (χ4n) is 4.46. The average molecular weight is 643 g/mol. The highest BCUT2D eigenvalue weighted by molar-refractivity contribution is 9.10. The number of nitrogens with zero attached hydrogens (tertiary/aromatic N) is 2. The van der Waals surface area contributed by atoms with Crippen molar-refractivity contribution in [2.45, 2.75) is 65.1 Å². The summed E-state index contributed by atoms with van der Waals surface area (Å²) in [7, 11) is -3.82. The van der Waals surface area contributed by atoms with Crippen molar-refractivity contribution in [2.24, 2.45) is 0 Å². The van der Waals surface area contributed by atoms with Gasteiger partial charge in [-0.05, 0) is 60.2 Å². The topological polar surface area (TPSA) is 86.8 Å². The Kier molecular flexibility index (Phi) is 10.8. The van der Waals surface area contributed by atoms with E-state index in [1.165, 1.54) is 4.90 Å². The van der Waals surface area contributed by atoms with Crippen molar-refractivity contribution in [1.82, 2.24) is 10.2 Å². The Hall–Kier alpha value is -3.17. The molecular formula is C32H40BrN3O4S. The van der Waals surface area contributed by atoms with Crippen molar-refractivity contribution in [3.63, 3.8) is 0 Å². The zero-order valence-corrected chi connectivity index (χ0v) is 27.0. The third-order valence-corrected chi connectivity index (χ3v) is 8.34. The third kappa shape index (κ3) is 9.43. The summed E-state index contributed by atoms with van der Waals surface area (Å²) in [4.78, 5) is 29.2. The van der Waals surface area contributed by atoms with Crippen LogP contribution >= 0.6 is 15.9 Å². The largest absolute Gasteiger partial charge is 0.352 e. The normalized spacial score (nSPS) is 12.6. The molecule has 0 heterocycles. The Bertz CT molecular complexity index is 1420. The Labute approximate surface area is 253 Å². The molecule has 41 heavy (non-hydrogen) atoms. The van der Waals surface area contributed by atoms with E-state index in [2.05, 4.69) is 42.0 Å². The van der Waals surface area contributed by atoms with Gasteiger partial charge in [-0.3, -0.25) is 13.9 Å². The second kappa shape index (κ2) is 13.7. The molecule has 9 heteroatoms.